The lowest BCUT2D eigenvalue weighted by Gasteiger charge is -2.08. The van der Waals surface area contributed by atoms with Crippen LogP contribution < -0.4 is 9.47 Å². The highest BCUT2D eigenvalue weighted by Gasteiger charge is 2.10. The Kier molecular flexibility index (Phi) is 9.41. The molecular formula is C32H34N2O3. The molecule has 0 aliphatic carbocycles. The van der Waals surface area contributed by atoms with Gasteiger partial charge in [0.2, 0.25) is 0 Å². The van der Waals surface area contributed by atoms with Gasteiger partial charge < -0.3 is 9.47 Å². The SMILES string of the molecule is CCCCCCCCOc1ccc(C(=O)Oc2ccc(N=Nc3ccc4ccccc4c3)c(C)c2)cc1. The Hall–Kier alpha value is -3.99. The van der Waals surface area contributed by atoms with E-state index in [1.807, 2.05) is 55.5 Å². The maximum Gasteiger partial charge on any atom is 0.343 e. The summed E-state index contributed by atoms with van der Waals surface area (Å²) in [5.41, 5.74) is 2.85. The number of fused-ring (bicyclic) bond motifs is 1. The molecule has 5 nitrogen and oxygen atoms in total. The fourth-order valence-electron chi connectivity index (χ4n) is 4.08. The van der Waals surface area contributed by atoms with E-state index in [0.29, 0.717) is 17.9 Å². The summed E-state index contributed by atoms with van der Waals surface area (Å²) in [5.74, 6) is 0.824. The van der Waals surface area contributed by atoms with Crippen LogP contribution in [0.3, 0.4) is 0 Å². The summed E-state index contributed by atoms with van der Waals surface area (Å²) in [5, 5.41) is 11.1. The molecular weight excluding hydrogens is 460 g/mol. The topological polar surface area (TPSA) is 60.2 Å². The molecule has 0 heterocycles. The van der Waals surface area contributed by atoms with Gasteiger partial charge in [-0.05, 0) is 84.3 Å². The van der Waals surface area contributed by atoms with Gasteiger partial charge in [-0.2, -0.15) is 10.2 Å². The average molecular weight is 495 g/mol. The maximum absolute atomic E-state index is 12.6. The fraction of sp³-hybridized carbons (Fsp3) is 0.281. The van der Waals surface area contributed by atoms with E-state index < -0.39 is 5.97 Å². The number of carbonyl (C=O) groups excluding carboxylic acids is 1. The fourth-order valence-corrected chi connectivity index (χ4v) is 4.08. The molecule has 4 aromatic carbocycles. The van der Waals surface area contributed by atoms with Crippen molar-refractivity contribution in [2.45, 2.75) is 52.4 Å². The van der Waals surface area contributed by atoms with Crippen LogP contribution in [0.2, 0.25) is 0 Å². The van der Waals surface area contributed by atoms with E-state index in [2.05, 4.69) is 29.3 Å². The van der Waals surface area contributed by atoms with Crippen molar-refractivity contribution in [1.82, 2.24) is 0 Å². The number of azo groups is 1. The monoisotopic (exact) mass is 494 g/mol. The van der Waals surface area contributed by atoms with Crippen molar-refractivity contribution in [2.75, 3.05) is 6.61 Å². The van der Waals surface area contributed by atoms with Gasteiger partial charge in [0.25, 0.3) is 0 Å². The van der Waals surface area contributed by atoms with E-state index in [-0.39, 0.29) is 0 Å². The van der Waals surface area contributed by atoms with Crippen molar-refractivity contribution in [3.63, 3.8) is 0 Å². The quantitative estimate of drug-likeness (QED) is 0.0852. The smallest absolute Gasteiger partial charge is 0.343 e. The van der Waals surface area contributed by atoms with E-state index in [4.69, 9.17) is 9.47 Å². The van der Waals surface area contributed by atoms with Gasteiger partial charge in [0.1, 0.15) is 11.5 Å². The standard InChI is InChI=1S/C32H34N2O3/c1-3-4-5-6-7-10-21-36-29-17-14-26(15-18-29)32(35)37-30-19-20-31(24(2)22-30)34-33-28-16-13-25-11-8-9-12-27(25)23-28/h8-9,11-20,22-23H,3-7,10,21H2,1-2H3. The van der Waals surface area contributed by atoms with Crippen LogP contribution in [-0.4, -0.2) is 12.6 Å². The third-order valence-electron chi connectivity index (χ3n) is 6.24. The molecule has 0 spiro atoms. The first-order valence-corrected chi connectivity index (χ1v) is 13.1. The lowest BCUT2D eigenvalue weighted by molar-refractivity contribution is 0.0734. The molecule has 0 N–H and O–H groups in total. The molecule has 0 bridgehead atoms. The lowest BCUT2D eigenvalue weighted by atomic mass is 10.1. The number of carbonyl (C=O) groups is 1. The van der Waals surface area contributed by atoms with Crippen LogP contribution in [0.1, 0.15) is 61.4 Å². The summed E-state index contributed by atoms with van der Waals surface area (Å²) >= 11 is 0. The first-order valence-electron chi connectivity index (χ1n) is 13.1. The average Bonchev–Trinajstić information content (AvgIpc) is 2.92. The Labute approximate surface area is 219 Å². The highest BCUT2D eigenvalue weighted by molar-refractivity contribution is 5.91. The van der Waals surface area contributed by atoms with E-state index in [1.165, 1.54) is 37.5 Å². The lowest BCUT2D eigenvalue weighted by Crippen LogP contribution is -2.08. The van der Waals surface area contributed by atoms with Gasteiger partial charge >= 0.3 is 5.97 Å². The molecule has 0 aromatic heterocycles. The van der Waals surface area contributed by atoms with Crippen LogP contribution in [0, 0.1) is 6.92 Å². The number of unbranched alkanes of at least 4 members (excludes halogenated alkanes) is 5. The van der Waals surface area contributed by atoms with Crippen molar-refractivity contribution in [1.29, 1.82) is 0 Å². The molecule has 0 aliphatic heterocycles. The second kappa shape index (κ2) is 13.4. The van der Waals surface area contributed by atoms with Gasteiger partial charge in [0, 0.05) is 0 Å². The van der Waals surface area contributed by atoms with Crippen molar-refractivity contribution in [3.05, 3.63) is 96.1 Å². The van der Waals surface area contributed by atoms with E-state index >= 15 is 0 Å². The Balaban J connectivity index is 1.29. The first kappa shape index (κ1) is 26.1. The van der Waals surface area contributed by atoms with Gasteiger partial charge in [-0.25, -0.2) is 4.79 Å². The van der Waals surface area contributed by atoms with Crippen LogP contribution >= 0.6 is 0 Å². The number of nitrogens with zero attached hydrogens (tertiary/aromatic N) is 2. The van der Waals surface area contributed by atoms with Crippen LogP contribution in [-0.2, 0) is 0 Å². The summed E-state index contributed by atoms with van der Waals surface area (Å²) in [6, 6.07) is 26.6. The number of ether oxygens (including phenoxy) is 2. The molecule has 0 amide bonds. The summed E-state index contributed by atoms with van der Waals surface area (Å²) in [6.45, 7) is 4.84. The van der Waals surface area contributed by atoms with Gasteiger partial charge in [-0.1, -0.05) is 69.4 Å². The summed E-state index contributed by atoms with van der Waals surface area (Å²) in [6.07, 6.45) is 7.35. The predicted molar refractivity (Wildman–Crippen MR) is 150 cm³/mol. The normalized spacial score (nSPS) is 11.2. The molecule has 0 fully saturated rings. The molecule has 0 atom stereocenters. The molecule has 0 unspecified atom stereocenters. The minimum atomic E-state index is -0.410. The van der Waals surface area contributed by atoms with E-state index in [1.54, 1.807) is 24.3 Å². The van der Waals surface area contributed by atoms with Crippen LogP contribution in [0.25, 0.3) is 10.8 Å². The summed E-state index contributed by atoms with van der Waals surface area (Å²) in [4.78, 5) is 12.6. The zero-order valence-electron chi connectivity index (χ0n) is 21.7. The molecule has 37 heavy (non-hydrogen) atoms. The first-order chi connectivity index (χ1) is 18.1. The van der Waals surface area contributed by atoms with Gasteiger partial charge in [0.05, 0.1) is 23.5 Å². The second-order valence-electron chi connectivity index (χ2n) is 9.21. The molecule has 4 aromatic rings. The number of benzene rings is 4. The molecule has 0 saturated carbocycles. The Morgan fingerprint density at radius 3 is 2.24 bits per heavy atom. The minimum absolute atomic E-state index is 0.410. The Bertz CT molecular complexity index is 1350. The molecule has 5 heteroatoms. The highest BCUT2D eigenvalue weighted by atomic mass is 16.5. The van der Waals surface area contributed by atoms with Crippen LogP contribution in [0.4, 0.5) is 11.4 Å². The van der Waals surface area contributed by atoms with Gasteiger partial charge in [0.15, 0.2) is 0 Å². The molecule has 0 saturated heterocycles. The summed E-state index contributed by atoms with van der Waals surface area (Å²) < 4.78 is 11.4. The second-order valence-corrected chi connectivity index (χ2v) is 9.21. The Morgan fingerprint density at radius 2 is 1.46 bits per heavy atom. The number of rotatable bonds is 12. The third kappa shape index (κ3) is 7.74. The van der Waals surface area contributed by atoms with E-state index in [9.17, 15) is 4.79 Å². The molecule has 4 rings (SSSR count). The minimum Gasteiger partial charge on any atom is -0.494 e. The number of aryl methyl sites for hydroxylation is 1. The Morgan fingerprint density at radius 1 is 0.730 bits per heavy atom. The van der Waals surface area contributed by atoms with Crippen molar-refractivity contribution in [2.24, 2.45) is 10.2 Å². The van der Waals surface area contributed by atoms with E-state index in [0.717, 1.165) is 34.5 Å². The van der Waals surface area contributed by atoms with Crippen molar-refractivity contribution < 1.29 is 14.3 Å². The highest BCUT2D eigenvalue weighted by Crippen LogP contribution is 2.28. The maximum atomic E-state index is 12.6. The number of hydrogen-bond acceptors (Lipinski definition) is 5. The number of esters is 1. The predicted octanol–water partition coefficient (Wildman–Crippen LogP) is 9.52. The summed E-state index contributed by atoms with van der Waals surface area (Å²) in [7, 11) is 0. The van der Waals surface area contributed by atoms with Gasteiger partial charge in [-0.3, -0.25) is 0 Å². The zero-order chi connectivity index (χ0) is 25.9. The largest absolute Gasteiger partial charge is 0.494 e. The molecule has 190 valence electrons. The van der Waals surface area contributed by atoms with Crippen LogP contribution in [0.15, 0.2) is 95.2 Å². The third-order valence-corrected chi connectivity index (χ3v) is 6.24. The molecule has 0 aliphatic rings. The van der Waals surface area contributed by atoms with Crippen molar-refractivity contribution in [3.8, 4) is 11.5 Å². The van der Waals surface area contributed by atoms with Crippen molar-refractivity contribution >= 4 is 28.1 Å². The van der Waals surface area contributed by atoms with Gasteiger partial charge in [-0.15, -0.1) is 0 Å². The number of hydrogen-bond donors (Lipinski definition) is 0. The van der Waals surface area contributed by atoms with Crippen LogP contribution in [0.5, 0.6) is 11.5 Å². The zero-order valence-corrected chi connectivity index (χ0v) is 21.7. The molecule has 0 radical (unpaired) electrons.